The van der Waals surface area contributed by atoms with Crippen molar-refractivity contribution in [2.75, 3.05) is 12.0 Å². The summed E-state index contributed by atoms with van der Waals surface area (Å²) in [5.41, 5.74) is 4.99. The highest BCUT2D eigenvalue weighted by Crippen LogP contribution is 2.31. The number of hydrogen-bond acceptors (Lipinski definition) is 6. The number of hydrogen-bond donors (Lipinski definition) is 1. The Kier molecular flexibility index (Phi) is 8.34. The molecule has 4 aromatic carbocycles. The predicted octanol–water partition coefficient (Wildman–Crippen LogP) is 6.14. The van der Waals surface area contributed by atoms with E-state index < -0.39 is 17.8 Å². The number of aryl methyl sites for hydroxylation is 2. The van der Waals surface area contributed by atoms with Crippen molar-refractivity contribution in [1.29, 1.82) is 0 Å². The third-order valence-corrected chi connectivity index (χ3v) is 6.62. The molecule has 212 valence electrons. The van der Waals surface area contributed by atoms with Gasteiger partial charge in [-0.25, -0.2) is 9.69 Å². The zero-order valence-electron chi connectivity index (χ0n) is 23.5. The summed E-state index contributed by atoms with van der Waals surface area (Å²) >= 11 is 0. The molecule has 0 saturated carbocycles. The van der Waals surface area contributed by atoms with Crippen LogP contribution >= 0.6 is 0 Å². The Morgan fingerprint density at radius 3 is 2.12 bits per heavy atom. The molecule has 0 aliphatic carbocycles. The summed E-state index contributed by atoms with van der Waals surface area (Å²) in [5.74, 6) is 0.0151. The Labute approximate surface area is 244 Å². The molecule has 8 heteroatoms. The first kappa shape index (κ1) is 28.2. The molecule has 1 N–H and O–H groups in total. The fourth-order valence-corrected chi connectivity index (χ4v) is 4.70. The fraction of sp³-hybridized carbons (Fsp3) is 0.147. The van der Waals surface area contributed by atoms with Gasteiger partial charge in [0.2, 0.25) is 0 Å². The highest BCUT2D eigenvalue weighted by Gasteiger charge is 2.36. The molecule has 0 unspecified atom stereocenters. The number of ether oxygens (including phenoxy) is 3. The van der Waals surface area contributed by atoms with Gasteiger partial charge >= 0.3 is 6.03 Å². The lowest BCUT2D eigenvalue weighted by Crippen LogP contribution is -2.54. The Bertz CT molecular complexity index is 1640. The van der Waals surface area contributed by atoms with E-state index in [1.54, 1.807) is 42.5 Å². The van der Waals surface area contributed by atoms with E-state index in [-0.39, 0.29) is 5.57 Å². The Balaban J connectivity index is 1.32. The number of nitrogens with one attached hydrogen (secondary N) is 1. The quantitative estimate of drug-likeness (QED) is 0.195. The van der Waals surface area contributed by atoms with E-state index in [1.165, 1.54) is 13.2 Å². The van der Waals surface area contributed by atoms with Crippen molar-refractivity contribution >= 4 is 29.6 Å². The maximum atomic E-state index is 13.4. The standard InChI is InChI=1S/C34H30N2O6/c1-22-15-23(2)17-26(16-22)21-42-30-14-9-25(19-31(30)40-3)18-29-32(37)35-34(39)36(33(29)38)27-10-12-28(13-11-27)41-20-24-7-5-4-6-8-24/h4-19H,20-21H2,1-3H3,(H,35,37,39)/b29-18+. The van der Waals surface area contributed by atoms with Crippen LogP contribution in [0.25, 0.3) is 6.08 Å². The fourth-order valence-electron chi connectivity index (χ4n) is 4.70. The first-order valence-corrected chi connectivity index (χ1v) is 13.4. The van der Waals surface area contributed by atoms with E-state index in [2.05, 4.69) is 23.5 Å². The van der Waals surface area contributed by atoms with Crippen LogP contribution in [0, 0.1) is 13.8 Å². The Hall–Kier alpha value is -5.37. The van der Waals surface area contributed by atoms with Crippen LogP contribution in [0.4, 0.5) is 10.5 Å². The van der Waals surface area contributed by atoms with Gasteiger partial charge in [0, 0.05) is 0 Å². The number of nitrogens with zero attached hydrogens (tertiary/aromatic N) is 1. The molecular formula is C34H30N2O6. The highest BCUT2D eigenvalue weighted by molar-refractivity contribution is 6.39. The number of imide groups is 2. The zero-order chi connectivity index (χ0) is 29.6. The number of benzene rings is 4. The Morgan fingerprint density at radius 1 is 0.738 bits per heavy atom. The van der Waals surface area contributed by atoms with E-state index in [1.807, 2.05) is 44.2 Å². The van der Waals surface area contributed by atoms with Crippen molar-refractivity contribution in [3.63, 3.8) is 0 Å². The molecule has 0 bridgehead atoms. The molecule has 42 heavy (non-hydrogen) atoms. The van der Waals surface area contributed by atoms with Crippen LogP contribution in [0.2, 0.25) is 0 Å². The second-order valence-electron chi connectivity index (χ2n) is 9.92. The van der Waals surface area contributed by atoms with Gasteiger partial charge in [-0.1, -0.05) is 65.7 Å². The number of anilines is 1. The SMILES string of the molecule is COc1cc(/C=C2\C(=O)NC(=O)N(c3ccc(OCc4ccccc4)cc3)C2=O)ccc1OCc1cc(C)cc(C)c1. The number of amides is 4. The van der Waals surface area contributed by atoms with E-state index in [9.17, 15) is 14.4 Å². The lowest BCUT2D eigenvalue weighted by atomic mass is 10.1. The largest absolute Gasteiger partial charge is 0.493 e. The smallest absolute Gasteiger partial charge is 0.335 e. The summed E-state index contributed by atoms with van der Waals surface area (Å²) in [7, 11) is 1.52. The van der Waals surface area contributed by atoms with Crippen molar-refractivity contribution in [3.8, 4) is 17.2 Å². The number of carbonyl (C=O) groups is 3. The van der Waals surface area contributed by atoms with Crippen molar-refractivity contribution in [2.24, 2.45) is 0 Å². The van der Waals surface area contributed by atoms with Crippen LogP contribution in [0.1, 0.15) is 27.8 Å². The minimum Gasteiger partial charge on any atom is -0.493 e. The first-order valence-electron chi connectivity index (χ1n) is 13.4. The summed E-state index contributed by atoms with van der Waals surface area (Å²) in [6, 6.07) is 26.7. The highest BCUT2D eigenvalue weighted by atomic mass is 16.5. The predicted molar refractivity (Wildman–Crippen MR) is 159 cm³/mol. The molecule has 1 heterocycles. The average molecular weight is 563 g/mol. The maximum absolute atomic E-state index is 13.4. The third kappa shape index (κ3) is 6.50. The topological polar surface area (TPSA) is 94.2 Å². The third-order valence-electron chi connectivity index (χ3n) is 6.62. The molecule has 0 atom stereocenters. The van der Waals surface area contributed by atoms with Gasteiger partial charge in [0.1, 0.15) is 24.5 Å². The summed E-state index contributed by atoms with van der Waals surface area (Å²) in [6.07, 6.45) is 1.42. The van der Waals surface area contributed by atoms with Gasteiger partial charge in [0.05, 0.1) is 12.8 Å². The number of barbiturate groups is 1. The summed E-state index contributed by atoms with van der Waals surface area (Å²) in [5, 5.41) is 2.25. The molecule has 1 saturated heterocycles. The zero-order valence-corrected chi connectivity index (χ0v) is 23.5. The van der Waals surface area contributed by atoms with E-state index in [4.69, 9.17) is 14.2 Å². The number of urea groups is 1. The first-order chi connectivity index (χ1) is 20.3. The van der Waals surface area contributed by atoms with Gasteiger partial charge < -0.3 is 14.2 Å². The summed E-state index contributed by atoms with van der Waals surface area (Å²) in [6.45, 7) is 4.80. The molecule has 0 aromatic heterocycles. The molecule has 5 rings (SSSR count). The molecule has 4 aromatic rings. The van der Waals surface area contributed by atoms with Crippen molar-refractivity contribution < 1.29 is 28.6 Å². The van der Waals surface area contributed by atoms with E-state index >= 15 is 0 Å². The summed E-state index contributed by atoms with van der Waals surface area (Å²) in [4.78, 5) is 39.6. The minimum atomic E-state index is -0.826. The van der Waals surface area contributed by atoms with Gasteiger partial charge in [-0.05, 0) is 73.0 Å². The molecule has 1 fully saturated rings. The lowest BCUT2D eigenvalue weighted by molar-refractivity contribution is -0.122. The number of rotatable bonds is 9. The molecule has 4 amide bonds. The Morgan fingerprint density at radius 2 is 1.43 bits per heavy atom. The normalized spacial score (nSPS) is 14.1. The maximum Gasteiger partial charge on any atom is 0.335 e. The van der Waals surface area contributed by atoms with Crippen LogP contribution < -0.4 is 24.4 Å². The van der Waals surface area contributed by atoms with Crippen molar-refractivity contribution in [1.82, 2.24) is 5.32 Å². The molecule has 1 aliphatic heterocycles. The second-order valence-corrected chi connectivity index (χ2v) is 9.92. The van der Waals surface area contributed by atoms with E-state index in [0.29, 0.717) is 41.7 Å². The van der Waals surface area contributed by atoms with Crippen molar-refractivity contribution in [3.05, 3.63) is 124 Å². The van der Waals surface area contributed by atoms with Gasteiger partial charge in [-0.15, -0.1) is 0 Å². The van der Waals surface area contributed by atoms with Crippen LogP contribution in [-0.2, 0) is 22.8 Å². The van der Waals surface area contributed by atoms with Crippen LogP contribution in [0.15, 0.2) is 96.6 Å². The molecule has 0 radical (unpaired) electrons. The van der Waals surface area contributed by atoms with Crippen LogP contribution in [0.5, 0.6) is 17.2 Å². The van der Waals surface area contributed by atoms with E-state index in [0.717, 1.165) is 27.2 Å². The van der Waals surface area contributed by atoms with Gasteiger partial charge in [-0.2, -0.15) is 0 Å². The summed E-state index contributed by atoms with van der Waals surface area (Å²) < 4.78 is 17.3. The van der Waals surface area contributed by atoms with Crippen molar-refractivity contribution in [2.45, 2.75) is 27.1 Å². The lowest BCUT2D eigenvalue weighted by Gasteiger charge is -2.26. The van der Waals surface area contributed by atoms with Gasteiger partial charge in [0.15, 0.2) is 11.5 Å². The van der Waals surface area contributed by atoms with Crippen LogP contribution in [-0.4, -0.2) is 25.0 Å². The second kappa shape index (κ2) is 12.4. The van der Waals surface area contributed by atoms with Crippen LogP contribution in [0.3, 0.4) is 0 Å². The molecule has 1 aliphatic rings. The molecular weight excluding hydrogens is 532 g/mol. The number of carbonyl (C=O) groups excluding carboxylic acids is 3. The van der Waals surface area contributed by atoms with Gasteiger partial charge in [0.25, 0.3) is 11.8 Å². The molecule has 0 spiro atoms. The molecule has 8 nitrogen and oxygen atoms in total. The minimum absolute atomic E-state index is 0.190. The van der Waals surface area contributed by atoms with Gasteiger partial charge in [-0.3, -0.25) is 14.9 Å². The number of methoxy groups -OCH3 is 1. The monoisotopic (exact) mass is 562 g/mol. The average Bonchev–Trinajstić information content (AvgIpc) is 2.98.